The van der Waals surface area contributed by atoms with Gasteiger partial charge in [0.05, 0.1) is 6.67 Å². The molecule has 1 rings (SSSR count). The summed E-state index contributed by atoms with van der Waals surface area (Å²) in [5.41, 5.74) is 0. The minimum Gasteiger partial charge on any atom is -0.292 e. The lowest BCUT2D eigenvalue weighted by Crippen LogP contribution is -2.24. The van der Waals surface area contributed by atoms with E-state index in [1.54, 1.807) is 0 Å². The van der Waals surface area contributed by atoms with Gasteiger partial charge >= 0.3 is 0 Å². The van der Waals surface area contributed by atoms with Gasteiger partial charge in [0.2, 0.25) is 0 Å². The molecule has 0 aromatic carbocycles. The predicted molar refractivity (Wildman–Crippen MR) is 53.2 cm³/mol. The van der Waals surface area contributed by atoms with Crippen molar-refractivity contribution in [2.24, 2.45) is 0 Å². The molecule has 0 aliphatic carbocycles. The molecule has 0 radical (unpaired) electrons. The lowest BCUT2D eigenvalue weighted by molar-refractivity contribution is 0.269. The summed E-state index contributed by atoms with van der Waals surface area (Å²) in [6.45, 7) is 7.30. The Balaban J connectivity index is 1.93. The van der Waals surface area contributed by atoms with Crippen LogP contribution in [0.2, 0.25) is 0 Å². The van der Waals surface area contributed by atoms with Crippen molar-refractivity contribution in [3.63, 3.8) is 0 Å². The lowest BCUT2D eigenvalue weighted by Gasteiger charge is -2.14. The second kappa shape index (κ2) is 5.55. The minimum absolute atomic E-state index is 1.19. The van der Waals surface area contributed by atoms with Crippen LogP contribution in [0.3, 0.4) is 0 Å². The van der Waals surface area contributed by atoms with Crippen molar-refractivity contribution in [2.45, 2.75) is 32.6 Å². The molecule has 1 aliphatic rings. The zero-order chi connectivity index (χ0) is 8.81. The Hall–Kier alpha value is -0.0800. The first-order chi connectivity index (χ1) is 5.83. The first-order valence-electron chi connectivity index (χ1n) is 5.24. The van der Waals surface area contributed by atoms with E-state index < -0.39 is 0 Å². The fourth-order valence-electron chi connectivity index (χ4n) is 1.74. The van der Waals surface area contributed by atoms with Crippen molar-refractivity contribution in [1.82, 2.24) is 9.80 Å². The third kappa shape index (κ3) is 3.55. The van der Waals surface area contributed by atoms with Crippen LogP contribution in [0, 0.1) is 0 Å². The van der Waals surface area contributed by atoms with Gasteiger partial charge in [0.25, 0.3) is 0 Å². The molecule has 0 saturated carbocycles. The van der Waals surface area contributed by atoms with Crippen LogP contribution in [0.4, 0.5) is 0 Å². The van der Waals surface area contributed by atoms with Gasteiger partial charge in [0.15, 0.2) is 0 Å². The summed E-state index contributed by atoms with van der Waals surface area (Å²) in [4.78, 5) is 4.94. The van der Waals surface area contributed by atoms with Crippen LogP contribution in [0.25, 0.3) is 0 Å². The summed E-state index contributed by atoms with van der Waals surface area (Å²) in [5.74, 6) is 0. The number of unbranched alkanes of at least 4 members (excludes halogenated alkanes) is 3. The van der Waals surface area contributed by atoms with Crippen LogP contribution in [0.15, 0.2) is 0 Å². The van der Waals surface area contributed by atoms with Crippen molar-refractivity contribution in [1.29, 1.82) is 0 Å². The maximum absolute atomic E-state index is 2.55. The van der Waals surface area contributed by atoms with E-state index in [4.69, 9.17) is 0 Å². The first kappa shape index (κ1) is 10.0. The molecule has 0 unspecified atom stereocenters. The lowest BCUT2D eigenvalue weighted by atomic mass is 10.2. The number of hydrogen-bond acceptors (Lipinski definition) is 2. The molecule has 2 nitrogen and oxygen atoms in total. The highest BCUT2D eigenvalue weighted by Crippen LogP contribution is 2.05. The number of hydrogen-bond donors (Lipinski definition) is 0. The van der Waals surface area contributed by atoms with E-state index in [9.17, 15) is 0 Å². The third-order valence-electron chi connectivity index (χ3n) is 2.57. The first-order valence-corrected chi connectivity index (χ1v) is 5.24. The Kier molecular flexibility index (Phi) is 4.62. The summed E-state index contributed by atoms with van der Waals surface area (Å²) in [6.07, 6.45) is 5.56. The smallest absolute Gasteiger partial charge is 0.0504 e. The predicted octanol–water partition coefficient (Wildman–Crippen LogP) is 1.77. The van der Waals surface area contributed by atoms with E-state index in [2.05, 4.69) is 23.8 Å². The molecule has 0 aromatic rings. The maximum atomic E-state index is 2.55. The average Bonchev–Trinajstić information content (AvgIpc) is 2.45. The summed E-state index contributed by atoms with van der Waals surface area (Å²) in [6, 6.07) is 0. The van der Waals surface area contributed by atoms with Gasteiger partial charge in [-0.05, 0) is 20.0 Å². The SMILES string of the molecule is CCCCCCN1CCN(C)C1. The zero-order valence-corrected chi connectivity index (χ0v) is 8.55. The van der Waals surface area contributed by atoms with Crippen LogP contribution < -0.4 is 0 Å². The van der Waals surface area contributed by atoms with Crippen LogP contribution in [-0.4, -0.2) is 43.2 Å². The molecule has 1 fully saturated rings. The summed E-state index contributed by atoms with van der Waals surface area (Å²) >= 11 is 0. The van der Waals surface area contributed by atoms with Crippen molar-refractivity contribution >= 4 is 0 Å². The molecule has 0 atom stereocenters. The number of nitrogens with zero attached hydrogens (tertiary/aromatic N) is 2. The molecule has 0 bridgehead atoms. The van der Waals surface area contributed by atoms with Crippen LogP contribution in [-0.2, 0) is 0 Å². The Bertz CT molecular complexity index is 114. The Morgan fingerprint density at radius 2 is 1.92 bits per heavy atom. The van der Waals surface area contributed by atoms with E-state index in [-0.39, 0.29) is 0 Å². The molecule has 1 heterocycles. The normalized spacial score (nSPS) is 20.5. The maximum Gasteiger partial charge on any atom is 0.0504 e. The molecule has 72 valence electrons. The number of rotatable bonds is 5. The standard InChI is InChI=1S/C10H22N2/c1-3-4-5-6-7-12-9-8-11(2)10-12/h3-10H2,1-2H3. The molecule has 0 N–H and O–H groups in total. The van der Waals surface area contributed by atoms with Crippen molar-refractivity contribution in [2.75, 3.05) is 33.4 Å². The van der Waals surface area contributed by atoms with Gasteiger partial charge in [0.1, 0.15) is 0 Å². The fourth-order valence-corrected chi connectivity index (χ4v) is 1.74. The van der Waals surface area contributed by atoms with Crippen molar-refractivity contribution < 1.29 is 0 Å². The fraction of sp³-hybridized carbons (Fsp3) is 1.00. The molecule has 1 saturated heterocycles. The molecule has 12 heavy (non-hydrogen) atoms. The molecule has 0 spiro atoms. The van der Waals surface area contributed by atoms with Gasteiger partial charge in [-0.1, -0.05) is 26.2 Å². The van der Waals surface area contributed by atoms with Gasteiger partial charge < -0.3 is 0 Å². The van der Waals surface area contributed by atoms with Gasteiger partial charge in [0, 0.05) is 13.1 Å². The Morgan fingerprint density at radius 1 is 1.08 bits per heavy atom. The largest absolute Gasteiger partial charge is 0.292 e. The highest BCUT2D eigenvalue weighted by atomic mass is 15.4. The molecule has 1 aliphatic heterocycles. The van der Waals surface area contributed by atoms with E-state index in [0.29, 0.717) is 0 Å². The topological polar surface area (TPSA) is 6.48 Å². The van der Waals surface area contributed by atoms with Gasteiger partial charge in [-0.15, -0.1) is 0 Å². The molecule has 0 aromatic heterocycles. The van der Waals surface area contributed by atoms with Gasteiger partial charge in [-0.25, -0.2) is 0 Å². The summed E-state index contributed by atoms with van der Waals surface area (Å²) < 4.78 is 0. The second-order valence-corrected chi connectivity index (χ2v) is 3.90. The van der Waals surface area contributed by atoms with Crippen molar-refractivity contribution in [3.05, 3.63) is 0 Å². The Morgan fingerprint density at radius 3 is 2.50 bits per heavy atom. The van der Waals surface area contributed by atoms with Gasteiger partial charge in [-0.2, -0.15) is 0 Å². The average molecular weight is 170 g/mol. The highest BCUT2D eigenvalue weighted by molar-refractivity contribution is 4.67. The quantitative estimate of drug-likeness (QED) is 0.580. The summed E-state index contributed by atoms with van der Waals surface area (Å²) in [7, 11) is 2.20. The van der Waals surface area contributed by atoms with Crippen LogP contribution in [0.1, 0.15) is 32.6 Å². The molecular weight excluding hydrogens is 148 g/mol. The third-order valence-corrected chi connectivity index (χ3v) is 2.57. The molecular formula is C10H22N2. The van der Waals surface area contributed by atoms with E-state index >= 15 is 0 Å². The van der Waals surface area contributed by atoms with Gasteiger partial charge in [-0.3, -0.25) is 9.80 Å². The monoisotopic (exact) mass is 170 g/mol. The van der Waals surface area contributed by atoms with Crippen molar-refractivity contribution in [3.8, 4) is 0 Å². The van der Waals surface area contributed by atoms with Crippen LogP contribution >= 0.6 is 0 Å². The van der Waals surface area contributed by atoms with Crippen LogP contribution in [0.5, 0.6) is 0 Å². The van der Waals surface area contributed by atoms with E-state index in [0.717, 1.165) is 0 Å². The minimum atomic E-state index is 1.19. The molecule has 0 amide bonds. The second-order valence-electron chi connectivity index (χ2n) is 3.90. The Labute approximate surface area is 76.5 Å². The van der Waals surface area contributed by atoms with E-state index in [1.807, 2.05) is 0 Å². The zero-order valence-electron chi connectivity index (χ0n) is 8.55. The number of likely N-dealkylation sites (N-methyl/N-ethyl adjacent to an activating group) is 1. The highest BCUT2D eigenvalue weighted by Gasteiger charge is 2.14. The summed E-state index contributed by atoms with van der Waals surface area (Å²) in [5, 5.41) is 0. The molecule has 2 heteroatoms. The van der Waals surface area contributed by atoms with E-state index in [1.165, 1.54) is 52.0 Å².